The van der Waals surface area contributed by atoms with Crippen molar-refractivity contribution < 1.29 is 9.53 Å². The van der Waals surface area contributed by atoms with Crippen molar-refractivity contribution in [3.05, 3.63) is 18.2 Å². The number of cyclic esters (lactones) is 1. The number of nitrogens with zero attached hydrogens (tertiary/aromatic N) is 6. The van der Waals surface area contributed by atoms with Crippen molar-refractivity contribution in [1.82, 2.24) is 24.5 Å². The largest absolute Gasteiger partial charge is 0.465 e. The van der Waals surface area contributed by atoms with Crippen LogP contribution >= 0.6 is 0 Å². The number of ether oxygens (including phenoxy) is 1. The van der Waals surface area contributed by atoms with Crippen LogP contribution in [0, 0.1) is 12.8 Å². The Morgan fingerprint density at radius 3 is 2.83 bits per heavy atom. The number of fused-ring (bicyclic) bond motifs is 1. The minimum Gasteiger partial charge on any atom is -0.465 e. The lowest BCUT2D eigenvalue weighted by atomic mass is 10.0. The molecule has 8 nitrogen and oxygen atoms in total. The Bertz CT molecular complexity index is 737. The van der Waals surface area contributed by atoms with Gasteiger partial charge in [0.1, 0.15) is 5.82 Å². The van der Waals surface area contributed by atoms with Crippen LogP contribution in [0.2, 0.25) is 0 Å². The predicted molar refractivity (Wildman–Crippen MR) is 87.9 cm³/mol. The number of esters is 1. The summed E-state index contributed by atoms with van der Waals surface area (Å²) in [5.74, 6) is 1.82. The SMILES string of the molecule is Cc1nc2cncc(N3CCN(CCC4CCOC4=O)CC3)n2n1. The number of hydrogen-bond acceptors (Lipinski definition) is 7. The molecule has 2 aromatic rings. The van der Waals surface area contributed by atoms with Crippen LogP contribution in [0.4, 0.5) is 5.82 Å². The summed E-state index contributed by atoms with van der Waals surface area (Å²) < 4.78 is 6.90. The molecule has 4 heterocycles. The van der Waals surface area contributed by atoms with Crippen LogP contribution < -0.4 is 4.90 Å². The van der Waals surface area contributed by atoms with Crippen LogP contribution in [0.3, 0.4) is 0 Å². The Kier molecular flexibility index (Phi) is 4.05. The van der Waals surface area contributed by atoms with Gasteiger partial charge in [-0.1, -0.05) is 0 Å². The van der Waals surface area contributed by atoms with Crippen molar-refractivity contribution in [3.8, 4) is 0 Å². The Morgan fingerprint density at radius 2 is 2.08 bits per heavy atom. The quantitative estimate of drug-likeness (QED) is 0.756. The van der Waals surface area contributed by atoms with Crippen LogP contribution in [0.1, 0.15) is 18.7 Å². The number of hydrogen-bond donors (Lipinski definition) is 0. The molecule has 0 bridgehead atoms. The number of rotatable bonds is 4. The normalized spacial score (nSPS) is 22.3. The molecular formula is C16H22N6O2. The summed E-state index contributed by atoms with van der Waals surface area (Å²) in [6, 6.07) is 0. The Labute approximate surface area is 140 Å². The summed E-state index contributed by atoms with van der Waals surface area (Å²) in [6.45, 7) is 7.24. The molecule has 128 valence electrons. The van der Waals surface area contributed by atoms with Gasteiger partial charge >= 0.3 is 5.97 Å². The third kappa shape index (κ3) is 2.93. The van der Waals surface area contributed by atoms with Crippen molar-refractivity contribution in [2.45, 2.75) is 19.8 Å². The van der Waals surface area contributed by atoms with E-state index in [0.717, 1.165) is 62.9 Å². The molecule has 4 rings (SSSR count). The van der Waals surface area contributed by atoms with Crippen LogP contribution in [0.25, 0.3) is 5.65 Å². The molecule has 2 aliphatic heterocycles. The van der Waals surface area contributed by atoms with E-state index in [1.165, 1.54) is 0 Å². The maximum Gasteiger partial charge on any atom is 0.309 e. The Hall–Kier alpha value is -2.22. The minimum atomic E-state index is -0.0204. The van der Waals surface area contributed by atoms with Crippen molar-refractivity contribution in [3.63, 3.8) is 0 Å². The molecule has 0 radical (unpaired) electrons. The van der Waals surface area contributed by atoms with Crippen molar-refractivity contribution in [2.75, 3.05) is 44.2 Å². The summed E-state index contributed by atoms with van der Waals surface area (Å²) in [4.78, 5) is 24.9. The summed E-state index contributed by atoms with van der Waals surface area (Å²) in [7, 11) is 0. The second-order valence-corrected chi connectivity index (χ2v) is 6.46. The van der Waals surface area contributed by atoms with Crippen LogP contribution in [-0.4, -0.2) is 69.8 Å². The highest BCUT2D eigenvalue weighted by atomic mass is 16.5. The highest BCUT2D eigenvalue weighted by Gasteiger charge is 2.27. The average Bonchev–Trinajstić information content (AvgIpc) is 3.17. The molecule has 2 fully saturated rings. The minimum absolute atomic E-state index is 0.0204. The molecule has 0 spiro atoms. The van der Waals surface area contributed by atoms with Gasteiger partial charge in [-0.3, -0.25) is 14.7 Å². The lowest BCUT2D eigenvalue weighted by molar-refractivity contribution is -0.141. The molecule has 2 saturated heterocycles. The number of carbonyl (C=O) groups excluding carboxylic acids is 1. The predicted octanol–water partition coefficient (Wildman–Crippen LogP) is 0.508. The molecule has 1 atom stereocenters. The third-order valence-electron chi connectivity index (χ3n) is 4.87. The first kappa shape index (κ1) is 15.3. The number of piperazine rings is 1. The molecule has 0 aromatic carbocycles. The molecule has 0 saturated carbocycles. The van der Waals surface area contributed by atoms with Gasteiger partial charge < -0.3 is 9.64 Å². The number of carbonyl (C=O) groups is 1. The van der Waals surface area contributed by atoms with Gasteiger partial charge in [0.25, 0.3) is 0 Å². The Morgan fingerprint density at radius 1 is 1.25 bits per heavy atom. The van der Waals surface area contributed by atoms with Crippen LogP contribution in [0.15, 0.2) is 12.4 Å². The highest BCUT2D eigenvalue weighted by Crippen LogP contribution is 2.20. The fourth-order valence-electron chi connectivity index (χ4n) is 3.46. The maximum atomic E-state index is 11.5. The molecule has 0 aliphatic carbocycles. The lowest BCUT2D eigenvalue weighted by Gasteiger charge is -2.35. The average molecular weight is 330 g/mol. The highest BCUT2D eigenvalue weighted by molar-refractivity contribution is 5.74. The van der Waals surface area contributed by atoms with Gasteiger partial charge in [-0.05, 0) is 26.3 Å². The zero-order valence-electron chi connectivity index (χ0n) is 13.9. The molecule has 24 heavy (non-hydrogen) atoms. The van der Waals surface area contributed by atoms with Gasteiger partial charge in [0, 0.05) is 26.2 Å². The van der Waals surface area contributed by atoms with Gasteiger partial charge in [0.15, 0.2) is 11.5 Å². The van der Waals surface area contributed by atoms with Gasteiger partial charge in [-0.2, -0.15) is 4.52 Å². The van der Waals surface area contributed by atoms with E-state index in [9.17, 15) is 4.79 Å². The fraction of sp³-hybridized carbons (Fsp3) is 0.625. The summed E-state index contributed by atoms with van der Waals surface area (Å²) in [5.41, 5.74) is 0.784. The summed E-state index contributed by atoms with van der Waals surface area (Å²) in [6.07, 6.45) is 5.36. The fourth-order valence-corrected chi connectivity index (χ4v) is 3.46. The van der Waals surface area contributed by atoms with E-state index in [1.54, 1.807) is 6.20 Å². The zero-order chi connectivity index (χ0) is 16.5. The van der Waals surface area contributed by atoms with E-state index in [2.05, 4.69) is 24.9 Å². The van der Waals surface area contributed by atoms with Gasteiger partial charge in [0.2, 0.25) is 0 Å². The van der Waals surface area contributed by atoms with E-state index in [1.807, 2.05) is 17.6 Å². The smallest absolute Gasteiger partial charge is 0.309 e. The second-order valence-electron chi connectivity index (χ2n) is 6.46. The van der Waals surface area contributed by atoms with Gasteiger partial charge in [0.05, 0.1) is 24.9 Å². The summed E-state index contributed by atoms with van der Waals surface area (Å²) >= 11 is 0. The Balaban J connectivity index is 1.36. The van der Waals surface area contributed by atoms with E-state index in [4.69, 9.17) is 4.74 Å². The first-order valence-electron chi connectivity index (χ1n) is 8.52. The van der Waals surface area contributed by atoms with Gasteiger partial charge in [-0.15, -0.1) is 5.10 Å². The number of aryl methyl sites for hydroxylation is 1. The third-order valence-corrected chi connectivity index (χ3v) is 4.87. The van der Waals surface area contributed by atoms with E-state index in [0.29, 0.717) is 6.61 Å². The standard InChI is InChI=1S/C16H22N6O2/c1-12-18-14-10-17-11-15(22(14)19-12)21-7-5-20(6-8-21)4-2-13-3-9-24-16(13)23/h10-11,13H,2-9H2,1H3. The van der Waals surface area contributed by atoms with E-state index >= 15 is 0 Å². The molecule has 2 aromatic heterocycles. The van der Waals surface area contributed by atoms with E-state index in [-0.39, 0.29) is 11.9 Å². The topological polar surface area (TPSA) is 75.9 Å². The number of anilines is 1. The first-order valence-corrected chi connectivity index (χ1v) is 8.52. The lowest BCUT2D eigenvalue weighted by Crippen LogP contribution is -2.47. The maximum absolute atomic E-state index is 11.5. The monoisotopic (exact) mass is 330 g/mol. The van der Waals surface area contributed by atoms with Gasteiger partial charge in [-0.25, -0.2) is 4.98 Å². The molecular weight excluding hydrogens is 308 g/mol. The second kappa shape index (κ2) is 6.35. The van der Waals surface area contributed by atoms with Crippen LogP contribution in [0.5, 0.6) is 0 Å². The number of aromatic nitrogens is 4. The molecule has 8 heteroatoms. The van der Waals surface area contributed by atoms with Crippen molar-refractivity contribution >= 4 is 17.4 Å². The summed E-state index contributed by atoms with van der Waals surface area (Å²) in [5, 5.41) is 4.46. The molecule has 0 N–H and O–H groups in total. The van der Waals surface area contributed by atoms with E-state index < -0.39 is 0 Å². The first-order chi connectivity index (χ1) is 11.7. The zero-order valence-corrected chi connectivity index (χ0v) is 13.9. The van der Waals surface area contributed by atoms with Crippen molar-refractivity contribution in [1.29, 1.82) is 0 Å². The molecule has 2 aliphatic rings. The van der Waals surface area contributed by atoms with Crippen LogP contribution in [-0.2, 0) is 9.53 Å². The molecule has 0 amide bonds. The van der Waals surface area contributed by atoms with Crippen molar-refractivity contribution in [2.24, 2.45) is 5.92 Å². The molecule has 1 unspecified atom stereocenters.